The Morgan fingerprint density at radius 1 is 1.53 bits per heavy atom. The maximum Gasteiger partial charge on any atom is 0.323 e. The second-order valence-corrected chi connectivity index (χ2v) is 4.53. The summed E-state index contributed by atoms with van der Waals surface area (Å²) in [6.45, 7) is 1.91. The maximum absolute atomic E-state index is 11.2. The van der Waals surface area contributed by atoms with Gasteiger partial charge in [-0.25, -0.2) is 4.72 Å². The Morgan fingerprint density at radius 3 is 2.53 bits per heavy atom. The molecule has 0 bridgehead atoms. The summed E-state index contributed by atoms with van der Waals surface area (Å²) in [6.07, 6.45) is 1.54. The number of carboxylic acids is 1. The SMILES string of the molecule is CCCCNS(=O)(=O)NC(CN)C(=O)O. The van der Waals surface area contributed by atoms with E-state index in [-0.39, 0.29) is 13.1 Å². The molecule has 0 aliphatic carbocycles. The van der Waals surface area contributed by atoms with E-state index >= 15 is 0 Å². The van der Waals surface area contributed by atoms with Gasteiger partial charge < -0.3 is 10.8 Å². The molecule has 0 spiro atoms. The summed E-state index contributed by atoms with van der Waals surface area (Å²) >= 11 is 0. The Balaban J connectivity index is 4.17. The number of nitrogens with two attached hydrogens (primary N) is 1. The van der Waals surface area contributed by atoms with Gasteiger partial charge in [0.1, 0.15) is 6.04 Å². The molecule has 0 fully saturated rings. The van der Waals surface area contributed by atoms with Crippen molar-refractivity contribution < 1.29 is 18.3 Å². The summed E-state index contributed by atoms with van der Waals surface area (Å²) in [6, 6.07) is -1.29. The van der Waals surface area contributed by atoms with Crippen LogP contribution in [0.2, 0.25) is 0 Å². The summed E-state index contributed by atoms with van der Waals surface area (Å²) < 4.78 is 26.6. The summed E-state index contributed by atoms with van der Waals surface area (Å²) in [5, 5.41) is 8.57. The first kappa shape index (κ1) is 14.3. The van der Waals surface area contributed by atoms with Crippen molar-refractivity contribution in [2.75, 3.05) is 13.1 Å². The van der Waals surface area contributed by atoms with Crippen LogP contribution in [-0.4, -0.2) is 38.6 Å². The van der Waals surface area contributed by atoms with Crippen LogP contribution in [0.15, 0.2) is 0 Å². The molecule has 0 radical (unpaired) electrons. The van der Waals surface area contributed by atoms with E-state index in [0.29, 0.717) is 6.42 Å². The van der Waals surface area contributed by atoms with Crippen molar-refractivity contribution in [2.24, 2.45) is 5.73 Å². The van der Waals surface area contributed by atoms with Crippen molar-refractivity contribution in [3.05, 3.63) is 0 Å². The number of carboxylic acid groups (broad SMARTS) is 1. The summed E-state index contributed by atoms with van der Waals surface area (Å²) in [7, 11) is -3.77. The molecule has 0 saturated carbocycles. The average Bonchev–Trinajstić information content (AvgIpc) is 2.14. The van der Waals surface area contributed by atoms with Gasteiger partial charge in [-0.2, -0.15) is 13.1 Å². The Labute approximate surface area is 89.2 Å². The molecular weight excluding hydrogens is 222 g/mol. The highest BCUT2D eigenvalue weighted by Crippen LogP contribution is 1.88. The van der Waals surface area contributed by atoms with E-state index in [0.717, 1.165) is 6.42 Å². The predicted octanol–water partition coefficient (Wildman–Crippen LogP) is -1.38. The molecular formula is C7H17N3O4S. The first-order valence-electron chi connectivity index (χ1n) is 4.62. The summed E-state index contributed by atoms with van der Waals surface area (Å²) in [5.74, 6) is -1.29. The Bertz CT molecular complexity index is 291. The van der Waals surface area contributed by atoms with E-state index in [2.05, 4.69) is 4.72 Å². The van der Waals surface area contributed by atoms with Crippen LogP contribution in [0.1, 0.15) is 19.8 Å². The van der Waals surface area contributed by atoms with Crippen molar-refractivity contribution in [1.29, 1.82) is 0 Å². The first-order chi connectivity index (χ1) is 6.93. The van der Waals surface area contributed by atoms with Crippen LogP contribution >= 0.6 is 0 Å². The van der Waals surface area contributed by atoms with Crippen molar-refractivity contribution in [1.82, 2.24) is 9.44 Å². The minimum absolute atomic E-state index is 0.280. The number of hydrogen-bond acceptors (Lipinski definition) is 4. The topological polar surface area (TPSA) is 122 Å². The van der Waals surface area contributed by atoms with Gasteiger partial charge in [0.2, 0.25) is 0 Å². The van der Waals surface area contributed by atoms with E-state index in [9.17, 15) is 13.2 Å². The zero-order chi connectivity index (χ0) is 11.9. The van der Waals surface area contributed by atoms with Crippen LogP contribution in [0.3, 0.4) is 0 Å². The molecule has 0 rings (SSSR count). The monoisotopic (exact) mass is 239 g/mol. The third-order valence-corrected chi connectivity index (χ3v) is 2.83. The van der Waals surface area contributed by atoms with E-state index in [4.69, 9.17) is 10.8 Å². The smallest absolute Gasteiger partial charge is 0.323 e. The molecule has 0 aromatic carbocycles. The number of aliphatic carboxylic acids is 1. The highest BCUT2D eigenvalue weighted by Gasteiger charge is 2.21. The molecule has 90 valence electrons. The molecule has 5 N–H and O–H groups in total. The lowest BCUT2D eigenvalue weighted by Gasteiger charge is -2.12. The number of hydrogen-bond donors (Lipinski definition) is 4. The Morgan fingerprint density at radius 2 is 2.13 bits per heavy atom. The first-order valence-corrected chi connectivity index (χ1v) is 6.11. The molecule has 0 aromatic heterocycles. The fourth-order valence-electron chi connectivity index (χ4n) is 0.812. The molecule has 0 amide bonds. The van der Waals surface area contributed by atoms with Gasteiger partial charge in [0.05, 0.1) is 0 Å². The minimum Gasteiger partial charge on any atom is -0.480 e. The van der Waals surface area contributed by atoms with Crippen molar-refractivity contribution in [3.63, 3.8) is 0 Å². The number of unbranched alkanes of at least 4 members (excludes halogenated alkanes) is 1. The van der Waals surface area contributed by atoms with E-state index in [1.165, 1.54) is 0 Å². The zero-order valence-corrected chi connectivity index (χ0v) is 9.38. The second kappa shape index (κ2) is 6.72. The molecule has 0 aliphatic heterocycles. The van der Waals surface area contributed by atoms with Crippen LogP contribution in [-0.2, 0) is 15.0 Å². The molecule has 7 nitrogen and oxygen atoms in total. The Kier molecular flexibility index (Phi) is 6.41. The van der Waals surface area contributed by atoms with Crippen LogP contribution in [0, 0.1) is 0 Å². The lowest BCUT2D eigenvalue weighted by atomic mass is 10.3. The summed E-state index contributed by atoms with van der Waals surface area (Å²) in [4.78, 5) is 10.5. The fourth-order valence-corrected chi connectivity index (χ4v) is 1.88. The normalized spacial score (nSPS) is 13.7. The standard InChI is InChI=1S/C7H17N3O4S/c1-2-3-4-9-15(13,14)10-6(5-8)7(11)12/h6,9-10H,2-5,8H2,1H3,(H,11,12). The van der Waals surface area contributed by atoms with Crippen molar-refractivity contribution in [2.45, 2.75) is 25.8 Å². The van der Waals surface area contributed by atoms with Crippen LogP contribution in [0.5, 0.6) is 0 Å². The quantitative estimate of drug-likeness (QED) is 0.389. The van der Waals surface area contributed by atoms with E-state index in [1.54, 1.807) is 0 Å². The van der Waals surface area contributed by atoms with E-state index < -0.39 is 22.2 Å². The van der Waals surface area contributed by atoms with E-state index in [1.807, 2.05) is 11.6 Å². The van der Waals surface area contributed by atoms with Crippen LogP contribution in [0.25, 0.3) is 0 Å². The average molecular weight is 239 g/mol. The predicted molar refractivity (Wildman–Crippen MR) is 55.4 cm³/mol. The third kappa shape index (κ3) is 6.39. The Hall–Kier alpha value is -0.700. The van der Waals surface area contributed by atoms with Gasteiger partial charge in [-0.05, 0) is 6.42 Å². The fraction of sp³-hybridized carbons (Fsp3) is 0.857. The van der Waals surface area contributed by atoms with Gasteiger partial charge in [0.25, 0.3) is 10.2 Å². The van der Waals surface area contributed by atoms with Gasteiger partial charge >= 0.3 is 5.97 Å². The molecule has 15 heavy (non-hydrogen) atoms. The van der Waals surface area contributed by atoms with Gasteiger partial charge in [-0.3, -0.25) is 4.79 Å². The van der Waals surface area contributed by atoms with Gasteiger partial charge in [0.15, 0.2) is 0 Å². The number of rotatable bonds is 8. The van der Waals surface area contributed by atoms with Gasteiger partial charge in [0, 0.05) is 13.1 Å². The molecule has 0 aliphatic rings. The largest absolute Gasteiger partial charge is 0.480 e. The maximum atomic E-state index is 11.2. The summed E-state index contributed by atoms with van der Waals surface area (Å²) in [5.41, 5.74) is 5.10. The number of nitrogens with one attached hydrogen (secondary N) is 2. The number of carbonyl (C=O) groups is 1. The molecule has 1 unspecified atom stereocenters. The molecule has 0 heterocycles. The molecule has 0 saturated heterocycles. The van der Waals surface area contributed by atoms with Crippen molar-refractivity contribution >= 4 is 16.2 Å². The van der Waals surface area contributed by atoms with Gasteiger partial charge in [-0.15, -0.1) is 0 Å². The molecule has 8 heteroatoms. The van der Waals surface area contributed by atoms with Crippen molar-refractivity contribution in [3.8, 4) is 0 Å². The lowest BCUT2D eigenvalue weighted by Crippen LogP contribution is -2.50. The minimum atomic E-state index is -3.77. The second-order valence-electron chi connectivity index (χ2n) is 3.00. The van der Waals surface area contributed by atoms with Crippen LogP contribution < -0.4 is 15.2 Å². The lowest BCUT2D eigenvalue weighted by molar-refractivity contribution is -0.138. The highest BCUT2D eigenvalue weighted by molar-refractivity contribution is 7.87. The molecule has 0 aromatic rings. The zero-order valence-electron chi connectivity index (χ0n) is 8.56. The third-order valence-electron chi connectivity index (χ3n) is 1.65. The van der Waals surface area contributed by atoms with Gasteiger partial charge in [-0.1, -0.05) is 13.3 Å². The van der Waals surface area contributed by atoms with Crippen LogP contribution in [0.4, 0.5) is 0 Å². The highest BCUT2D eigenvalue weighted by atomic mass is 32.2. The molecule has 1 atom stereocenters.